The first-order chi connectivity index (χ1) is 9.32. The zero-order chi connectivity index (χ0) is 12.5. The maximum Gasteiger partial charge on any atom is 0.105 e. The fraction of sp³-hybridized carbons (Fsp3) is 1.00. The lowest BCUT2D eigenvalue weighted by Gasteiger charge is -2.58. The first-order valence-electron chi connectivity index (χ1n) is 8.41. The maximum absolute atomic E-state index is 6.23. The molecule has 19 heavy (non-hydrogen) atoms. The monoisotopic (exact) mass is 262 g/mol. The summed E-state index contributed by atoms with van der Waals surface area (Å²) in [5.74, 6) is 1.74. The molecule has 3 unspecified atom stereocenters. The highest BCUT2D eigenvalue weighted by Crippen LogP contribution is 2.62. The Morgan fingerprint density at radius 1 is 0.842 bits per heavy atom. The Labute approximate surface area is 116 Å². The molecule has 1 aliphatic carbocycles. The SMILES string of the molecule is C1CCC(C23CN4CCN(CC(C4)C24CO4)C3)CC1. The summed E-state index contributed by atoms with van der Waals surface area (Å²) in [4.78, 5) is 5.55. The highest BCUT2D eigenvalue weighted by atomic mass is 16.6. The third-order valence-corrected chi connectivity index (χ3v) is 7.05. The normalized spacial score (nSPS) is 56.5. The zero-order valence-corrected chi connectivity index (χ0v) is 11.9. The molecule has 1 spiro atoms. The van der Waals surface area contributed by atoms with Crippen molar-refractivity contribution in [3.05, 3.63) is 0 Å². The Balaban J connectivity index is 1.58. The maximum atomic E-state index is 6.23. The van der Waals surface area contributed by atoms with Crippen LogP contribution in [0.5, 0.6) is 0 Å². The topological polar surface area (TPSA) is 19.0 Å². The number of fused-ring (bicyclic) bond motifs is 1. The summed E-state index contributed by atoms with van der Waals surface area (Å²) >= 11 is 0. The highest BCUT2D eigenvalue weighted by Gasteiger charge is 2.72. The van der Waals surface area contributed by atoms with Gasteiger partial charge in [0.05, 0.1) is 6.61 Å². The van der Waals surface area contributed by atoms with Crippen LogP contribution in [0.3, 0.4) is 0 Å². The Hall–Kier alpha value is -0.120. The van der Waals surface area contributed by atoms with E-state index < -0.39 is 0 Å². The molecule has 0 N–H and O–H groups in total. The quantitative estimate of drug-likeness (QED) is 0.669. The van der Waals surface area contributed by atoms with Gasteiger partial charge in [-0.1, -0.05) is 19.3 Å². The van der Waals surface area contributed by atoms with E-state index in [1.165, 1.54) is 71.4 Å². The summed E-state index contributed by atoms with van der Waals surface area (Å²) in [7, 11) is 0. The number of rotatable bonds is 1. The van der Waals surface area contributed by atoms with Gasteiger partial charge < -0.3 is 14.5 Å². The molecule has 6 aliphatic rings. The van der Waals surface area contributed by atoms with E-state index in [-0.39, 0.29) is 0 Å². The molecule has 1 saturated carbocycles. The first-order valence-corrected chi connectivity index (χ1v) is 8.41. The third-order valence-electron chi connectivity index (χ3n) is 7.05. The number of hydrogen-bond donors (Lipinski definition) is 0. The van der Waals surface area contributed by atoms with Gasteiger partial charge in [-0.2, -0.15) is 0 Å². The van der Waals surface area contributed by atoms with E-state index in [4.69, 9.17) is 4.74 Å². The third kappa shape index (κ3) is 1.39. The lowest BCUT2D eigenvalue weighted by Crippen LogP contribution is -2.68. The van der Waals surface area contributed by atoms with Gasteiger partial charge in [-0.25, -0.2) is 0 Å². The lowest BCUT2D eigenvalue weighted by molar-refractivity contribution is -0.118. The van der Waals surface area contributed by atoms with Gasteiger partial charge in [-0.3, -0.25) is 0 Å². The minimum absolute atomic E-state index is 0.312. The number of hydrogen-bond acceptors (Lipinski definition) is 3. The Bertz CT molecular complexity index is 370. The molecule has 5 saturated heterocycles. The van der Waals surface area contributed by atoms with Crippen molar-refractivity contribution in [3.8, 4) is 0 Å². The van der Waals surface area contributed by atoms with Crippen LogP contribution in [0, 0.1) is 17.3 Å². The second kappa shape index (κ2) is 3.75. The van der Waals surface area contributed by atoms with Crippen molar-refractivity contribution in [1.29, 1.82) is 0 Å². The van der Waals surface area contributed by atoms with Crippen LogP contribution in [-0.4, -0.2) is 61.3 Å². The molecular formula is C16H26N2O. The van der Waals surface area contributed by atoms with Gasteiger partial charge in [0.1, 0.15) is 5.60 Å². The van der Waals surface area contributed by atoms with Crippen LogP contribution in [0.4, 0.5) is 0 Å². The van der Waals surface area contributed by atoms with E-state index in [0.29, 0.717) is 11.0 Å². The summed E-state index contributed by atoms with van der Waals surface area (Å²) in [6.45, 7) is 8.99. The van der Waals surface area contributed by atoms with Crippen molar-refractivity contribution in [2.75, 3.05) is 45.9 Å². The Kier molecular flexibility index (Phi) is 2.27. The van der Waals surface area contributed by atoms with Crippen molar-refractivity contribution in [1.82, 2.24) is 9.80 Å². The minimum atomic E-state index is 0.312. The fourth-order valence-electron chi connectivity index (χ4n) is 6.11. The summed E-state index contributed by atoms with van der Waals surface area (Å²) in [6.07, 6.45) is 7.34. The van der Waals surface area contributed by atoms with Gasteiger partial charge in [0.2, 0.25) is 0 Å². The average molecular weight is 262 g/mol. The van der Waals surface area contributed by atoms with E-state index in [1.54, 1.807) is 0 Å². The van der Waals surface area contributed by atoms with Crippen LogP contribution in [0.1, 0.15) is 32.1 Å². The minimum Gasteiger partial charge on any atom is -0.368 e. The molecule has 6 rings (SSSR count). The predicted octanol–water partition coefficient (Wildman–Crippen LogP) is 1.58. The van der Waals surface area contributed by atoms with Gasteiger partial charge >= 0.3 is 0 Å². The zero-order valence-electron chi connectivity index (χ0n) is 11.9. The van der Waals surface area contributed by atoms with Crippen molar-refractivity contribution in [3.63, 3.8) is 0 Å². The van der Waals surface area contributed by atoms with Crippen LogP contribution in [0.25, 0.3) is 0 Å². The standard InChI is InChI=1S/C16H26N2O/c1-2-4-13(5-3-1)15-10-17-6-7-18(11-15)9-14(8-17)16(15)12-19-16/h13-14H,1-12H2. The number of ether oxygens (including phenoxy) is 1. The van der Waals surface area contributed by atoms with Gasteiger partial charge in [-0.15, -0.1) is 0 Å². The predicted molar refractivity (Wildman–Crippen MR) is 74.1 cm³/mol. The average Bonchev–Trinajstić information content (AvgIpc) is 3.21. The summed E-state index contributed by atoms with van der Waals surface area (Å²) in [6, 6.07) is 0. The van der Waals surface area contributed by atoms with Crippen molar-refractivity contribution < 1.29 is 4.74 Å². The van der Waals surface area contributed by atoms with Crippen LogP contribution >= 0.6 is 0 Å². The molecule has 0 aromatic heterocycles. The number of epoxide rings is 1. The van der Waals surface area contributed by atoms with Crippen molar-refractivity contribution >= 4 is 0 Å². The van der Waals surface area contributed by atoms with Gasteiger partial charge in [0, 0.05) is 50.6 Å². The molecule has 0 radical (unpaired) electrons. The van der Waals surface area contributed by atoms with E-state index in [9.17, 15) is 0 Å². The van der Waals surface area contributed by atoms with Crippen LogP contribution in [-0.2, 0) is 4.74 Å². The molecule has 6 fully saturated rings. The van der Waals surface area contributed by atoms with Gasteiger partial charge in [0.15, 0.2) is 0 Å². The fourth-order valence-corrected chi connectivity index (χ4v) is 6.11. The number of piperidine rings is 2. The Morgan fingerprint density at radius 3 is 2.05 bits per heavy atom. The molecule has 3 heteroatoms. The van der Waals surface area contributed by atoms with Crippen LogP contribution < -0.4 is 0 Å². The molecule has 0 aromatic rings. The largest absolute Gasteiger partial charge is 0.368 e. The van der Waals surface area contributed by atoms with Crippen LogP contribution in [0.15, 0.2) is 0 Å². The molecule has 5 heterocycles. The number of nitrogens with zero attached hydrogens (tertiary/aromatic N) is 2. The second-order valence-electron chi connectivity index (χ2n) is 7.84. The molecule has 4 bridgehead atoms. The molecule has 3 nitrogen and oxygen atoms in total. The van der Waals surface area contributed by atoms with Crippen LogP contribution in [0.2, 0.25) is 0 Å². The molecule has 0 aromatic carbocycles. The van der Waals surface area contributed by atoms with E-state index in [0.717, 1.165) is 18.4 Å². The summed E-state index contributed by atoms with van der Waals surface area (Å²) in [5.41, 5.74) is 0.803. The summed E-state index contributed by atoms with van der Waals surface area (Å²) < 4.78 is 6.23. The highest BCUT2D eigenvalue weighted by molar-refractivity contribution is 5.22. The first kappa shape index (κ1) is 11.5. The molecular weight excluding hydrogens is 236 g/mol. The summed E-state index contributed by atoms with van der Waals surface area (Å²) in [5, 5.41) is 0. The van der Waals surface area contributed by atoms with Gasteiger partial charge in [0.25, 0.3) is 0 Å². The smallest absolute Gasteiger partial charge is 0.105 e. The Morgan fingerprint density at radius 2 is 1.47 bits per heavy atom. The van der Waals surface area contributed by atoms with E-state index in [1.807, 2.05) is 0 Å². The van der Waals surface area contributed by atoms with Gasteiger partial charge in [-0.05, 0) is 18.8 Å². The lowest BCUT2D eigenvalue weighted by atomic mass is 9.55. The van der Waals surface area contributed by atoms with E-state index >= 15 is 0 Å². The molecule has 3 atom stereocenters. The molecule has 106 valence electrons. The van der Waals surface area contributed by atoms with Crippen molar-refractivity contribution in [2.24, 2.45) is 17.3 Å². The van der Waals surface area contributed by atoms with E-state index in [2.05, 4.69) is 9.80 Å². The molecule has 5 aliphatic heterocycles. The van der Waals surface area contributed by atoms with Crippen molar-refractivity contribution in [2.45, 2.75) is 37.7 Å². The second-order valence-corrected chi connectivity index (χ2v) is 7.84. The molecule has 0 amide bonds.